The van der Waals surface area contributed by atoms with Crippen LogP contribution in [0.25, 0.3) is 0 Å². The molecule has 0 unspecified atom stereocenters. The lowest BCUT2D eigenvalue weighted by atomic mass is 10.1. The van der Waals surface area contributed by atoms with Crippen LogP contribution >= 0.6 is 0 Å². The first-order valence-electron chi connectivity index (χ1n) is 8.37. The molecular formula is C17H26O11. The lowest BCUT2D eigenvalue weighted by Gasteiger charge is -2.34. The van der Waals surface area contributed by atoms with Gasteiger partial charge >= 0.3 is 29.8 Å². The maximum Gasteiger partial charge on any atom is 0.305 e. The first-order valence-corrected chi connectivity index (χ1v) is 8.37. The number of carbonyl (C=O) groups is 5. The average molecular weight is 406 g/mol. The number of hydrogen-bond acceptors (Lipinski definition) is 11. The molecule has 0 aromatic carbocycles. The van der Waals surface area contributed by atoms with Crippen molar-refractivity contribution >= 4 is 29.8 Å². The topological polar surface area (TPSA) is 141 Å². The summed E-state index contributed by atoms with van der Waals surface area (Å²) in [7, 11) is 0. The number of hydrogen-bond donors (Lipinski definition) is 0. The van der Waals surface area contributed by atoms with Crippen LogP contribution in [-0.2, 0) is 52.4 Å². The van der Waals surface area contributed by atoms with Crippen LogP contribution in [0.2, 0.25) is 0 Å². The second-order valence-electron chi connectivity index (χ2n) is 5.65. The molecule has 0 aliphatic carbocycles. The summed E-state index contributed by atoms with van der Waals surface area (Å²) in [6.45, 7) is 6.61. The number of ether oxygens (including phenoxy) is 6. The molecule has 0 heterocycles. The van der Waals surface area contributed by atoms with Gasteiger partial charge in [0.1, 0.15) is 12.7 Å². The van der Waals surface area contributed by atoms with Crippen LogP contribution in [0.1, 0.15) is 41.5 Å². The number of rotatable bonds is 11. The van der Waals surface area contributed by atoms with Crippen LogP contribution in [0, 0.1) is 0 Å². The van der Waals surface area contributed by atoms with Gasteiger partial charge in [0.05, 0.1) is 6.61 Å². The molecule has 11 nitrogen and oxygen atoms in total. The van der Waals surface area contributed by atoms with Crippen molar-refractivity contribution in [3.63, 3.8) is 0 Å². The molecule has 0 aromatic rings. The van der Waals surface area contributed by atoms with E-state index >= 15 is 0 Å². The van der Waals surface area contributed by atoms with Crippen molar-refractivity contribution in [2.75, 3.05) is 13.2 Å². The van der Waals surface area contributed by atoms with Crippen molar-refractivity contribution < 1.29 is 52.4 Å². The molecule has 0 amide bonds. The number of esters is 5. The van der Waals surface area contributed by atoms with E-state index in [9.17, 15) is 24.0 Å². The first-order chi connectivity index (χ1) is 12.9. The van der Waals surface area contributed by atoms with Gasteiger partial charge in [0.2, 0.25) is 12.4 Å². The molecule has 28 heavy (non-hydrogen) atoms. The Bertz CT molecular complexity index is 571. The molecule has 0 saturated heterocycles. The Morgan fingerprint density at radius 3 is 1.50 bits per heavy atom. The molecule has 0 radical (unpaired) electrons. The Balaban J connectivity index is 5.66. The second kappa shape index (κ2) is 12.7. The molecule has 0 spiro atoms. The smallest absolute Gasteiger partial charge is 0.305 e. The lowest BCUT2D eigenvalue weighted by molar-refractivity contribution is -0.239. The van der Waals surface area contributed by atoms with Gasteiger partial charge in [-0.15, -0.1) is 0 Å². The molecule has 4 atom stereocenters. The van der Waals surface area contributed by atoms with Crippen molar-refractivity contribution in [3.05, 3.63) is 0 Å². The third-order valence-corrected chi connectivity index (χ3v) is 2.96. The Morgan fingerprint density at radius 1 is 0.607 bits per heavy atom. The summed E-state index contributed by atoms with van der Waals surface area (Å²) < 4.78 is 30.4. The van der Waals surface area contributed by atoms with Crippen LogP contribution in [0.4, 0.5) is 0 Å². The van der Waals surface area contributed by atoms with E-state index in [0.717, 1.165) is 27.7 Å². The van der Waals surface area contributed by atoms with E-state index in [4.69, 9.17) is 28.4 Å². The minimum absolute atomic E-state index is 0.169. The van der Waals surface area contributed by atoms with Crippen LogP contribution in [0.15, 0.2) is 0 Å². The van der Waals surface area contributed by atoms with E-state index < -0.39 is 54.4 Å². The highest BCUT2D eigenvalue weighted by Gasteiger charge is 2.42. The normalized spacial score (nSPS) is 14.6. The Labute approximate surface area is 162 Å². The molecule has 11 heteroatoms. The third kappa shape index (κ3) is 11.1. The predicted octanol–water partition coefficient (Wildman–Crippen LogP) is 0.270. The Hall–Kier alpha value is -2.69. The largest absolute Gasteiger partial charge is 0.463 e. The van der Waals surface area contributed by atoms with Gasteiger partial charge in [0.25, 0.3) is 0 Å². The van der Waals surface area contributed by atoms with Crippen LogP contribution in [0.3, 0.4) is 0 Å². The van der Waals surface area contributed by atoms with Crippen molar-refractivity contribution in [2.45, 2.75) is 66.1 Å². The summed E-state index contributed by atoms with van der Waals surface area (Å²) in [5, 5.41) is 0. The summed E-state index contributed by atoms with van der Waals surface area (Å²) in [6.07, 6.45) is -5.40. The molecule has 0 bridgehead atoms. The fourth-order valence-corrected chi connectivity index (χ4v) is 2.13. The molecular weight excluding hydrogens is 380 g/mol. The predicted molar refractivity (Wildman–Crippen MR) is 90.5 cm³/mol. The highest BCUT2D eigenvalue weighted by Crippen LogP contribution is 2.20. The van der Waals surface area contributed by atoms with Gasteiger partial charge in [-0.05, 0) is 6.92 Å². The summed E-state index contributed by atoms with van der Waals surface area (Å²) in [4.78, 5) is 56.6. The fraction of sp³-hybridized carbons (Fsp3) is 0.706. The van der Waals surface area contributed by atoms with E-state index in [1.165, 1.54) is 13.8 Å². The van der Waals surface area contributed by atoms with E-state index in [0.29, 0.717) is 0 Å². The lowest BCUT2D eigenvalue weighted by Crippen LogP contribution is -2.51. The fourth-order valence-electron chi connectivity index (χ4n) is 2.13. The maximum atomic E-state index is 11.6. The van der Waals surface area contributed by atoms with E-state index in [1.807, 2.05) is 0 Å². The zero-order valence-electron chi connectivity index (χ0n) is 16.7. The molecule has 0 aliphatic heterocycles. The van der Waals surface area contributed by atoms with Crippen LogP contribution in [-0.4, -0.2) is 67.7 Å². The van der Waals surface area contributed by atoms with E-state index in [1.54, 1.807) is 0 Å². The zero-order valence-corrected chi connectivity index (χ0v) is 16.7. The molecule has 0 fully saturated rings. The van der Waals surface area contributed by atoms with Gasteiger partial charge in [0.15, 0.2) is 6.10 Å². The minimum atomic E-state index is -1.53. The van der Waals surface area contributed by atoms with Gasteiger partial charge in [-0.3, -0.25) is 24.0 Å². The Kier molecular flexibility index (Phi) is 11.4. The molecule has 0 aliphatic rings. The molecule has 160 valence electrons. The molecule has 0 aromatic heterocycles. The van der Waals surface area contributed by atoms with Crippen LogP contribution in [0.5, 0.6) is 0 Å². The standard InChI is InChI=1S/C17H26O11/c1-9(25-11(3)19)15(26-12(4)20)16(27-13(5)21)17(28-14(6)22)24-8-7-23-10(2)18/h9,15-17H,7-8H2,1-6H3/t9-,15+,16+,17+/m1/s1. The summed E-state index contributed by atoms with van der Waals surface area (Å²) in [6, 6.07) is 0. The van der Waals surface area contributed by atoms with Gasteiger partial charge in [-0.2, -0.15) is 0 Å². The number of carbonyl (C=O) groups excluding carboxylic acids is 5. The SMILES string of the molecule is CC(=O)OCCO[C@@H](OC(C)=O)[C@@H](OC(C)=O)[C@@H](OC(C)=O)[C@@H](C)OC(C)=O. The molecule has 0 rings (SSSR count). The summed E-state index contributed by atoms with van der Waals surface area (Å²) >= 11 is 0. The van der Waals surface area contributed by atoms with Gasteiger partial charge < -0.3 is 28.4 Å². The monoisotopic (exact) mass is 406 g/mol. The third-order valence-electron chi connectivity index (χ3n) is 2.96. The molecule has 0 saturated carbocycles. The van der Waals surface area contributed by atoms with Crippen molar-refractivity contribution in [2.24, 2.45) is 0 Å². The Morgan fingerprint density at radius 2 is 1.07 bits per heavy atom. The van der Waals surface area contributed by atoms with Gasteiger partial charge in [-0.25, -0.2) is 0 Å². The van der Waals surface area contributed by atoms with Gasteiger partial charge in [0, 0.05) is 34.6 Å². The van der Waals surface area contributed by atoms with Crippen LogP contribution < -0.4 is 0 Å². The minimum Gasteiger partial charge on any atom is -0.463 e. The average Bonchev–Trinajstić information content (AvgIpc) is 2.51. The van der Waals surface area contributed by atoms with Crippen molar-refractivity contribution in [1.82, 2.24) is 0 Å². The quantitative estimate of drug-likeness (QED) is 0.202. The summed E-state index contributed by atoms with van der Waals surface area (Å²) in [5.41, 5.74) is 0. The summed E-state index contributed by atoms with van der Waals surface area (Å²) in [5.74, 6) is -3.56. The van der Waals surface area contributed by atoms with E-state index in [-0.39, 0.29) is 13.2 Å². The second-order valence-corrected chi connectivity index (χ2v) is 5.65. The zero-order chi connectivity index (χ0) is 21.9. The van der Waals surface area contributed by atoms with E-state index in [2.05, 4.69) is 0 Å². The van der Waals surface area contributed by atoms with Crippen molar-refractivity contribution in [1.29, 1.82) is 0 Å². The van der Waals surface area contributed by atoms with Gasteiger partial charge in [-0.1, -0.05) is 0 Å². The van der Waals surface area contributed by atoms with Crippen molar-refractivity contribution in [3.8, 4) is 0 Å². The highest BCUT2D eigenvalue weighted by atomic mass is 16.7. The maximum absolute atomic E-state index is 11.6. The molecule has 0 N–H and O–H groups in total. The highest BCUT2D eigenvalue weighted by molar-refractivity contribution is 5.69. The first kappa shape index (κ1) is 25.3.